The van der Waals surface area contributed by atoms with Crippen molar-refractivity contribution in [3.8, 4) is 17.0 Å². The Hall–Kier alpha value is -2.07. The summed E-state index contributed by atoms with van der Waals surface area (Å²) in [6.07, 6.45) is 10.4. The van der Waals surface area contributed by atoms with E-state index in [0.717, 1.165) is 28.3 Å². The van der Waals surface area contributed by atoms with Crippen LogP contribution < -0.4 is 4.74 Å². The van der Waals surface area contributed by atoms with Gasteiger partial charge in [-0.15, -0.1) is 5.10 Å². The summed E-state index contributed by atoms with van der Waals surface area (Å²) in [4.78, 5) is 4.05. The Kier molecular flexibility index (Phi) is 3.56. The predicted octanol–water partition coefficient (Wildman–Crippen LogP) is 3.65. The van der Waals surface area contributed by atoms with Crippen molar-refractivity contribution in [2.45, 2.75) is 12.3 Å². The van der Waals surface area contributed by atoms with E-state index in [1.165, 1.54) is 0 Å². The number of halogens is 1. The van der Waals surface area contributed by atoms with Crippen molar-refractivity contribution in [3.63, 3.8) is 0 Å². The molecular formula is C15H14ClN3O. The average molecular weight is 288 g/mol. The first-order chi connectivity index (χ1) is 9.79. The van der Waals surface area contributed by atoms with Gasteiger partial charge in [0.1, 0.15) is 0 Å². The van der Waals surface area contributed by atoms with Crippen LogP contribution in [0.2, 0.25) is 0 Å². The van der Waals surface area contributed by atoms with Gasteiger partial charge in [-0.25, -0.2) is 0 Å². The van der Waals surface area contributed by atoms with Gasteiger partial charge in [-0.1, -0.05) is 23.8 Å². The fourth-order valence-corrected chi connectivity index (χ4v) is 2.52. The maximum absolute atomic E-state index is 5.97. The second kappa shape index (κ2) is 5.51. The lowest BCUT2D eigenvalue weighted by Gasteiger charge is -2.14. The van der Waals surface area contributed by atoms with E-state index in [1.54, 1.807) is 19.5 Å². The number of H-pyrrole nitrogens is 1. The summed E-state index contributed by atoms with van der Waals surface area (Å²) < 4.78 is 5.36. The monoisotopic (exact) mass is 287 g/mol. The Morgan fingerprint density at radius 2 is 2.15 bits per heavy atom. The van der Waals surface area contributed by atoms with Gasteiger partial charge in [0.15, 0.2) is 0 Å². The Morgan fingerprint density at radius 1 is 1.35 bits per heavy atom. The molecule has 0 spiro atoms. The molecule has 20 heavy (non-hydrogen) atoms. The molecule has 102 valence electrons. The third kappa shape index (κ3) is 2.34. The fourth-order valence-electron chi connectivity index (χ4n) is 2.36. The van der Waals surface area contributed by atoms with Gasteiger partial charge in [0.25, 0.3) is 0 Å². The highest BCUT2D eigenvalue weighted by Crippen LogP contribution is 2.38. The quantitative estimate of drug-likeness (QED) is 0.937. The van der Waals surface area contributed by atoms with Crippen LogP contribution in [0, 0.1) is 0 Å². The van der Waals surface area contributed by atoms with E-state index in [2.05, 4.69) is 21.3 Å². The molecule has 2 heterocycles. The van der Waals surface area contributed by atoms with Crippen LogP contribution in [0.4, 0.5) is 0 Å². The Morgan fingerprint density at radius 3 is 2.80 bits per heavy atom. The van der Waals surface area contributed by atoms with Crippen LogP contribution in [-0.4, -0.2) is 22.3 Å². The number of rotatable bonds is 3. The largest absolute Gasteiger partial charge is 0.479 e. The molecule has 3 rings (SSSR count). The van der Waals surface area contributed by atoms with Crippen LogP contribution in [-0.2, 0) is 0 Å². The minimum absolute atomic E-state index is 0.220. The van der Waals surface area contributed by atoms with E-state index in [-0.39, 0.29) is 5.92 Å². The van der Waals surface area contributed by atoms with E-state index < -0.39 is 0 Å². The zero-order valence-electron chi connectivity index (χ0n) is 11.0. The van der Waals surface area contributed by atoms with Gasteiger partial charge < -0.3 is 4.74 Å². The van der Waals surface area contributed by atoms with Crippen molar-refractivity contribution in [1.82, 2.24) is 15.2 Å². The number of pyridine rings is 1. The van der Waals surface area contributed by atoms with E-state index in [4.69, 9.17) is 16.3 Å². The molecule has 1 unspecified atom stereocenters. The van der Waals surface area contributed by atoms with Crippen molar-refractivity contribution in [2.24, 2.45) is 0 Å². The number of nitrogens with one attached hydrogen (secondary N) is 1. The highest BCUT2D eigenvalue weighted by Gasteiger charge is 2.22. The van der Waals surface area contributed by atoms with Gasteiger partial charge in [-0.2, -0.15) is 0 Å². The van der Waals surface area contributed by atoms with Gasteiger partial charge >= 0.3 is 0 Å². The summed E-state index contributed by atoms with van der Waals surface area (Å²) in [6.45, 7) is 0. The van der Waals surface area contributed by atoms with Crippen LogP contribution in [0.1, 0.15) is 18.0 Å². The molecule has 1 aliphatic carbocycles. The van der Waals surface area contributed by atoms with E-state index in [1.807, 2.05) is 24.3 Å². The van der Waals surface area contributed by atoms with Crippen molar-refractivity contribution in [2.75, 3.05) is 7.11 Å². The lowest BCUT2D eigenvalue weighted by atomic mass is 9.92. The summed E-state index contributed by atoms with van der Waals surface area (Å²) in [6, 6.07) is 3.90. The molecular weight excluding hydrogens is 274 g/mol. The second-order valence-electron chi connectivity index (χ2n) is 4.55. The predicted molar refractivity (Wildman–Crippen MR) is 78.8 cm³/mol. The van der Waals surface area contributed by atoms with E-state index in [9.17, 15) is 0 Å². The molecule has 2 aromatic heterocycles. The van der Waals surface area contributed by atoms with Crippen molar-refractivity contribution in [3.05, 3.63) is 53.5 Å². The average Bonchev–Trinajstić information content (AvgIpc) is 2.93. The van der Waals surface area contributed by atoms with Gasteiger partial charge in [0.2, 0.25) is 5.88 Å². The normalized spacial score (nSPS) is 17.9. The molecule has 0 amide bonds. The standard InChI is InChI=1S/C15H14ClN3O/c1-20-15-13(10-6-8-17-9-7-10)14(18-19-15)11-2-4-12(16)5-3-11/h2,4-9,11H,3H2,1H3,(H,18,19). The van der Waals surface area contributed by atoms with Gasteiger partial charge in [0.05, 0.1) is 18.4 Å². The lowest BCUT2D eigenvalue weighted by molar-refractivity contribution is 0.398. The maximum atomic E-state index is 5.97. The highest BCUT2D eigenvalue weighted by molar-refractivity contribution is 6.31. The number of allylic oxidation sites excluding steroid dienone is 4. The number of hydrogen-bond donors (Lipinski definition) is 1. The molecule has 0 aliphatic heterocycles. The number of ether oxygens (including phenoxy) is 1. The molecule has 0 saturated carbocycles. The third-order valence-electron chi connectivity index (χ3n) is 3.35. The maximum Gasteiger partial charge on any atom is 0.240 e. The summed E-state index contributed by atoms with van der Waals surface area (Å²) in [5.41, 5.74) is 3.05. The summed E-state index contributed by atoms with van der Waals surface area (Å²) in [5.74, 6) is 0.817. The summed E-state index contributed by atoms with van der Waals surface area (Å²) >= 11 is 5.97. The van der Waals surface area contributed by atoms with E-state index >= 15 is 0 Å². The topological polar surface area (TPSA) is 50.8 Å². The lowest BCUT2D eigenvalue weighted by Crippen LogP contribution is -2.00. The molecule has 0 fully saturated rings. The molecule has 1 aliphatic rings. The molecule has 0 bridgehead atoms. The smallest absolute Gasteiger partial charge is 0.240 e. The van der Waals surface area contributed by atoms with Crippen LogP contribution in [0.5, 0.6) is 5.88 Å². The first-order valence-corrected chi connectivity index (χ1v) is 6.74. The third-order valence-corrected chi connectivity index (χ3v) is 3.63. The first-order valence-electron chi connectivity index (χ1n) is 6.36. The van der Waals surface area contributed by atoms with Crippen molar-refractivity contribution >= 4 is 11.6 Å². The molecule has 4 nitrogen and oxygen atoms in total. The van der Waals surface area contributed by atoms with Crippen LogP contribution >= 0.6 is 11.6 Å². The Labute approximate surface area is 122 Å². The molecule has 0 aromatic carbocycles. The van der Waals surface area contributed by atoms with E-state index in [0.29, 0.717) is 5.88 Å². The van der Waals surface area contributed by atoms with Crippen molar-refractivity contribution < 1.29 is 4.74 Å². The summed E-state index contributed by atoms with van der Waals surface area (Å²) in [7, 11) is 1.62. The second-order valence-corrected chi connectivity index (χ2v) is 4.98. The van der Waals surface area contributed by atoms with Crippen LogP contribution in [0.25, 0.3) is 11.1 Å². The molecule has 1 atom stereocenters. The fraction of sp³-hybridized carbons (Fsp3) is 0.200. The molecule has 1 N–H and O–H groups in total. The molecule has 0 saturated heterocycles. The number of nitrogens with zero attached hydrogens (tertiary/aromatic N) is 2. The number of aromatic amines is 1. The molecule has 2 aromatic rings. The Bertz CT molecular complexity index is 661. The van der Waals surface area contributed by atoms with Crippen LogP contribution in [0.3, 0.4) is 0 Å². The first kappa shape index (κ1) is 12.9. The zero-order chi connectivity index (χ0) is 13.9. The molecule has 5 heteroatoms. The van der Waals surface area contributed by atoms with Crippen molar-refractivity contribution in [1.29, 1.82) is 0 Å². The SMILES string of the molecule is COc1n[nH]c(C2C=CC(Cl)=CC2)c1-c1ccncc1. The minimum atomic E-state index is 0.220. The number of methoxy groups -OCH3 is 1. The molecule has 0 radical (unpaired) electrons. The van der Waals surface area contributed by atoms with Gasteiger partial charge in [-0.3, -0.25) is 10.1 Å². The minimum Gasteiger partial charge on any atom is -0.479 e. The summed E-state index contributed by atoms with van der Waals surface area (Å²) in [5, 5.41) is 8.12. The Balaban J connectivity index is 2.05. The highest BCUT2D eigenvalue weighted by atomic mass is 35.5. The zero-order valence-corrected chi connectivity index (χ0v) is 11.8. The van der Waals surface area contributed by atoms with Gasteiger partial charge in [-0.05, 0) is 30.2 Å². The van der Waals surface area contributed by atoms with Gasteiger partial charge in [0, 0.05) is 23.3 Å². The number of aromatic nitrogens is 3. The number of hydrogen-bond acceptors (Lipinski definition) is 3. The van der Waals surface area contributed by atoms with Crippen LogP contribution in [0.15, 0.2) is 47.8 Å².